The zero-order valence-electron chi connectivity index (χ0n) is 11.3. The minimum Gasteiger partial charge on any atom is -0.423 e. The highest BCUT2D eigenvalue weighted by atomic mass is 16.4. The summed E-state index contributed by atoms with van der Waals surface area (Å²) in [6.07, 6.45) is 1.17. The van der Waals surface area contributed by atoms with Crippen LogP contribution in [-0.2, 0) is 0 Å². The number of nitrogens with one attached hydrogen (secondary N) is 1. The number of aromatic nitrogens is 2. The van der Waals surface area contributed by atoms with Gasteiger partial charge in [-0.3, -0.25) is 0 Å². The van der Waals surface area contributed by atoms with E-state index in [1.165, 1.54) is 6.42 Å². The second kappa shape index (κ2) is 5.13. The minimum absolute atomic E-state index is 0.0125. The van der Waals surface area contributed by atoms with Crippen LogP contribution in [-0.4, -0.2) is 16.7 Å². The van der Waals surface area contributed by atoms with E-state index < -0.39 is 0 Å². The van der Waals surface area contributed by atoms with Gasteiger partial charge in [0.2, 0.25) is 11.8 Å². The average molecular weight is 257 g/mol. The maximum absolute atomic E-state index is 5.86. The first-order valence-corrected chi connectivity index (χ1v) is 6.91. The van der Waals surface area contributed by atoms with E-state index in [9.17, 15) is 0 Å². The van der Waals surface area contributed by atoms with E-state index in [1.807, 2.05) is 18.2 Å². The molecule has 1 saturated carbocycles. The predicted molar refractivity (Wildman–Crippen MR) is 72.8 cm³/mol. The molecule has 1 fully saturated rings. The summed E-state index contributed by atoms with van der Waals surface area (Å²) in [6, 6.07) is 10.2. The Labute approximate surface area is 113 Å². The standard InChI is InChI=1S/C15H19N3O/c1-3-16-13(11-7-5-4-6-8-11)15-18-17-14(19-15)12-9-10(12)2/h4-8,10,12-13,16H,3,9H2,1-2H3. The summed E-state index contributed by atoms with van der Waals surface area (Å²) < 4.78 is 5.86. The number of hydrogen-bond donors (Lipinski definition) is 1. The lowest BCUT2D eigenvalue weighted by Crippen LogP contribution is -2.22. The van der Waals surface area contributed by atoms with Gasteiger partial charge in [0, 0.05) is 5.92 Å². The molecule has 0 bridgehead atoms. The number of hydrogen-bond acceptors (Lipinski definition) is 4. The van der Waals surface area contributed by atoms with Crippen molar-refractivity contribution in [1.29, 1.82) is 0 Å². The fourth-order valence-corrected chi connectivity index (χ4v) is 2.38. The van der Waals surface area contributed by atoms with Gasteiger partial charge in [-0.05, 0) is 24.4 Å². The monoisotopic (exact) mass is 257 g/mol. The topological polar surface area (TPSA) is 51.0 Å². The normalized spacial score (nSPS) is 23.3. The Morgan fingerprint density at radius 2 is 2.05 bits per heavy atom. The number of nitrogens with zero attached hydrogens (tertiary/aromatic N) is 2. The second-order valence-corrected chi connectivity index (χ2v) is 5.20. The summed E-state index contributed by atoms with van der Waals surface area (Å²) in [7, 11) is 0. The van der Waals surface area contributed by atoms with Crippen molar-refractivity contribution in [2.45, 2.75) is 32.2 Å². The van der Waals surface area contributed by atoms with Crippen molar-refractivity contribution >= 4 is 0 Å². The molecule has 4 heteroatoms. The molecule has 0 saturated heterocycles. The highest BCUT2D eigenvalue weighted by molar-refractivity contribution is 5.23. The summed E-state index contributed by atoms with van der Waals surface area (Å²) in [6.45, 7) is 5.15. The van der Waals surface area contributed by atoms with E-state index in [4.69, 9.17) is 4.42 Å². The molecule has 0 radical (unpaired) electrons. The molecule has 0 spiro atoms. The Hall–Kier alpha value is -1.68. The van der Waals surface area contributed by atoms with Crippen LogP contribution in [0.4, 0.5) is 0 Å². The summed E-state index contributed by atoms with van der Waals surface area (Å²) in [5.41, 5.74) is 1.16. The molecule has 0 amide bonds. The van der Waals surface area contributed by atoms with Gasteiger partial charge in [0.05, 0.1) is 0 Å². The predicted octanol–water partition coefficient (Wildman–Crippen LogP) is 2.89. The highest BCUT2D eigenvalue weighted by Gasteiger charge is 2.39. The highest BCUT2D eigenvalue weighted by Crippen LogP contribution is 2.46. The van der Waals surface area contributed by atoms with Crippen molar-refractivity contribution in [3.05, 3.63) is 47.7 Å². The first kappa shape index (κ1) is 12.4. The molecule has 1 heterocycles. The first-order chi connectivity index (χ1) is 9.29. The van der Waals surface area contributed by atoms with Crippen molar-refractivity contribution in [2.24, 2.45) is 5.92 Å². The van der Waals surface area contributed by atoms with E-state index in [2.05, 4.69) is 41.5 Å². The van der Waals surface area contributed by atoms with Crippen LogP contribution >= 0.6 is 0 Å². The van der Waals surface area contributed by atoms with Crippen LogP contribution in [0.15, 0.2) is 34.7 Å². The summed E-state index contributed by atoms with van der Waals surface area (Å²) in [5, 5.41) is 11.8. The van der Waals surface area contributed by atoms with Gasteiger partial charge in [0.1, 0.15) is 6.04 Å². The van der Waals surface area contributed by atoms with Gasteiger partial charge < -0.3 is 9.73 Å². The lowest BCUT2D eigenvalue weighted by atomic mass is 10.1. The van der Waals surface area contributed by atoms with Crippen LogP contribution < -0.4 is 5.32 Å². The van der Waals surface area contributed by atoms with Crippen molar-refractivity contribution in [3.63, 3.8) is 0 Å². The Balaban J connectivity index is 1.85. The molecule has 3 unspecified atom stereocenters. The molecular formula is C15H19N3O. The first-order valence-electron chi connectivity index (χ1n) is 6.91. The van der Waals surface area contributed by atoms with Crippen molar-refractivity contribution < 1.29 is 4.42 Å². The third-order valence-corrected chi connectivity index (χ3v) is 3.67. The smallest absolute Gasteiger partial charge is 0.237 e. The van der Waals surface area contributed by atoms with Crippen molar-refractivity contribution in [1.82, 2.24) is 15.5 Å². The van der Waals surface area contributed by atoms with E-state index >= 15 is 0 Å². The molecule has 1 N–H and O–H groups in total. The zero-order valence-corrected chi connectivity index (χ0v) is 11.3. The van der Waals surface area contributed by atoms with E-state index in [-0.39, 0.29) is 6.04 Å². The van der Waals surface area contributed by atoms with E-state index in [1.54, 1.807) is 0 Å². The Morgan fingerprint density at radius 1 is 1.32 bits per heavy atom. The third kappa shape index (κ3) is 2.54. The van der Waals surface area contributed by atoms with Crippen LogP contribution in [0.5, 0.6) is 0 Å². The largest absolute Gasteiger partial charge is 0.423 e. The van der Waals surface area contributed by atoms with Crippen LogP contribution in [0, 0.1) is 5.92 Å². The minimum atomic E-state index is -0.0125. The van der Waals surface area contributed by atoms with Crippen LogP contribution in [0.3, 0.4) is 0 Å². The van der Waals surface area contributed by atoms with Gasteiger partial charge in [-0.2, -0.15) is 0 Å². The average Bonchev–Trinajstić information content (AvgIpc) is 2.99. The maximum Gasteiger partial charge on any atom is 0.237 e. The molecule has 1 aliphatic carbocycles. The quantitative estimate of drug-likeness (QED) is 0.894. The van der Waals surface area contributed by atoms with Gasteiger partial charge in [-0.25, -0.2) is 0 Å². The molecule has 3 atom stereocenters. The third-order valence-electron chi connectivity index (χ3n) is 3.67. The Morgan fingerprint density at radius 3 is 2.68 bits per heavy atom. The fraction of sp³-hybridized carbons (Fsp3) is 0.467. The lowest BCUT2D eigenvalue weighted by Gasteiger charge is -2.13. The molecule has 1 aromatic carbocycles. The second-order valence-electron chi connectivity index (χ2n) is 5.20. The van der Waals surface area contributed by atoms with Gasteiger partial charge >= 0.3 is 0 Å². The van der Waals surface area contributed by atoms with E-state index in [0.29, 0.717) is 17.7 Å². The summed E-state index contributed by atoms with van der Waals surface area (Å²) >= 11 is 0. The molecule has 4 nitrogen and oxygen atoms in total. The molecule has 2 aromatic rings. The molecule has 1 aliphatic rings. The maximum atomic E-state index is 5.86. The van der Waals surface area contributed by atoms with Gasteiger partial charge in [-0.1, -0.05) is 44.2 Å². The van der Waals surface area contributed by atoms with Crippen LogP contribution in [0.2, 0.25) is 0 Å². The van der Waals surface area contributed by atoms with Crippen LogP contribution in [0.1, 0.15) is 49.6 Å². The van der Waals surface area contributed by atoms with E-state index in [0.717, 1.165) is 18.0 Å². The molecule has 19 heavy (non-hydrogen) atoms. The van der Waals surface area contributed by atoms with Crippen molar-refractivity contribution in [2.75, 3.05) is 6.54 Å². The molecule has 0 aliphatic heterocycles. The zero-order chi connectivity index (χ0) is 13.2. The van der Waals surface area contributed by atoms with Gasteiger partial charge in [-0.15, -0.1) is 10.2 Å². The summed E-state index contributed by atoms with van der Waals surface area (Å²) in [4.78, 5) is 0. The Bertz CT molecular complexity index is 537. The SMILES string of the molecule is CCNC(c1ccccc1)c1nnc(C2CC2C)o1. The molecule has 3 rings (SSSR count). The Kier molecular flexibility index (Phi) is 3.34. The molecular weight excluding hydrogens is 238 g/mol. The summed E-state index contributed by atoms with van der Waals surface area (Å²) in [5.74, 6) is 2.62. The van der Waals surface area contributed by atoms with Gasteiger partial charge in [0.15, 0.2) is 0 Å². The lowest BCUT2D eigenvalue weighted by molar-refractivity contribution is 0.406. The molecule has 100 valence electrons. The molecule has 1 aromatic heterocycles. The fourth-order valence-electron chi connectivity index (χ4n) is 2.38. The number of benzene rings is 1. The van der Waals surface area contributed by atoms with Crippen molar-refractivity contribution in [3.8, 4) is 0 Å². The number of rotatable bonds is 5. The van der Waals surface area contributed by atoms with Crippen LogP contribution in [0.25, 0.3) is 0 Å². The van der Waals surface area contributed by atoms with Gasteiger partial charge in [0.25, 0.3) is 0 Å².